The minimum atomic E-state index is -0.504. The van der Waals surface area contributed by atoms with Crippen LogP contribution in [0.15, 0.2) is 22.7 Å². The zero-order valence-electron chi connectivity index (χ0n) is 9.26. The maximum Gasteiger partial charge on any atom is 0.256 e. The van der Waals surface area contributed by atoms with Crippen molar-refractivity contribution >= 4 is 21.8 Å². The molecule has 1 aromatic carbocycles. The first kappa shape index (κ1) is 13.1. The summed E-state index contributed by atoms with van der Waals surface area (Å²) in [5.41, 5.74) is 0.0989. The molecule has 0 radical (unpaired) electrons. The number of hydrogen-bond acceptors (Lipinski definition) is 2. The fourth-order valence-corrected chi connectivity index (χ4v) is 1.58. The Hall–Kier alpha value is -0.940. The van der Waals surface area contributed by atoms with Gasteiger partial charge in [0.2, 0.25) is 0 Å². The average molecular weight is 289 g/mol. The molecule has 1 aromatic rings. The van der Waals surface area contributed by atoms with Crippen LogP contribution < -0.4 is 5.32 Å². The van der Waals surface area contributed by atoms with E-state index >= 15 is 0 Å². The number of halogens is 2. The second-order valence-corrected chi connectivity index (χ2v) is 4.37. The molecule has 0 unspecified atom stereocenters. The monoisotopic (exact) mass is 288 g/mol. The summed E-state index contributed by atoms with van der Waals surface area (Å²) in [5, 5.41) is 2.93. The van der Waals surface area contributed by atoms with Crippen LogP contribution in [-0.2, 0) is 0 Å². The average Bonchev–Trinajstić information content (AvgIpc) is 2.25. The molecule has 0 aliphatic carbocycles. The van der Waals surface area contributed by atoms with E-state index in [1.807, 2.05) is 0 Å². The molecule has 0 saturated carbocycles. The van der Waals surface area contributed by atoms with Crippen molar-refractivity contribution in [1.29, 1.82) is 0 Å². The van der Waals surface area contributed by atoms with Gasteiger partial charge in [0.1, 0.15) is 5.82 Å². The van der Waals surface area contributed by atoms with Gasteiger partial charge in [-0.2, -0.15) is 0 Å². The van der Waals surface area contributed by atoms with E-state index in [1.54, 1.807) is 20.2 Å². The molecule has 0 aromatic heterocycles. The summed E-state index contributed by atoms with van der Waals surface area (Å²) in [7, 11) is 3.46. The van der Waals surface area contributed by atoms with E-state index in [2.05, 4.69) is 21.2 Å². The maximum absolute atomic E-state index is 13.5. The standard InChI is InChI=1S/C11H14BrFN2O/c1-14-5-6-15(2)11(16)9-4-3-8(12)7-10(9)13/h3-4,7,14H,5-6H2,1-2H3. The molecule has 0 heterocycles. The molecule has 88 valence electrons. The highest BCUT2D eigenvalue weighted by Crippen LogP contribution is 2.16. The number of hydrogen-bond donors (Lipinski definition) is 1. The number of likely N-dealkylation sites (N-methyl/N-ethyl adjacent to an activating group) is 2. The lowest BCUT2D eigenvalue weighted by atomic mass is 10.2. The van der Waals surface area contributed by atoms with E-state index in [0.29, 0.717) is 17.6 Å². The van der Waals surface area contributed by atoms with E-state index in [0.717, 1.165) is 0 Å². The molecule has 1 rings (SSSR count). The van der Waals surface area contributed by atoms with Crippen molar-refractivity contribution < 1.29 is 9.18 Å². The summed E-state index contributed by atoms with van der Waals surface area (Å²) in [6.45, 7) is 1.23. The minimum absolute atomic E-state index is 0.0989. The summed E-state index contributed by atoms with van der Waals surface area (Å²) in [4.78, 5) is 13.3. The fourth-order valence-electron chi connectivity index (χ4n) is 1.25. The normalized spacial score (nSPS) is 10.2. The van der Waals surface area contributed by atoms with Crippen molar-refractivity contribution in [2.75, 3.05) is 27.2 Å². The minimum Gasteiger partial charge on any atom is -0.340 e. The van der Waals surface area contributed by atoms with E-state index in [9.17, 15) is 9.18 Å². The van der Waals surface area contributed by atoms with Gasteiger partial charge >= 0.3 is 0 Å². The van der Waals surface area contributed by atoms with Gasteiger partial charge in [0.25, 0.3) is 5.91 Å². The predicted molar refractivity (Wildman–Crippen MR) is 65.0 cm³/mol. The first-order valence-corrected chi connectivity index (χ1v) is 5.70. The molecule has 0 aliphatic heterocycles. The third-order valence-electron chi connectivity index (χ3n) is 2.21. The van der Waals surface area contributed by atoms with Gasteiger partial charge in [0.05, 0.1) is 5.56 Å². The summed E-state index contributed by atoms with van der Waals surface area (Å²) in [5.74, 6) is -0.809. The van der Waals surface area contributed by atoms with Crippen LogP contribution >= 0.6 is 15.9 Å². The van der Waals surface area contributed by atoms with Gasteiger partial charge in [-0.1, -0.05) is 15.9 Å². The van der Waals surface area contributed by atoms with Gasteiger partial charge in [-0.15, -0.1) is 0 Å². The molecule has 1 N–H and O–H groups in total. The van der Waals surface area contributed by atoms with E-state index < -0.39 is 5.82 Å². The van der Waals surface area contributed by atoms with Crippen LogP contribution in [0.25, 0.3) is 0 Å². The molecule has 0 fully saturated rings. The Labute approximate surface area is 103 Å². The third-order valence-corrected chi connectivity index (χ3v) is 2.70. The molecule has 3 nitrogen and oxygen atoms in total. The summed E-state index contributed by atoms with van der Waals surface area (Å²) in [6.07, 6.45) is 0. The Morgan fingerprint density at radius 1 is 1.56 bits per heavy atom. The van der Waals surface area contributed by atoms with Crippen molar-refractivity contribution in [2.24, 2.45) is 0 Å². The highest BCUT2D eigenvalue weighted by molar-refractivity contribution is 9.10. The smallest absolute Gasteiger partial charge is 0.256 e. The van der Waals surface area contributed by atoms with Crippen LogP contribution in [0.3, 0.4) is 0 Å². The molecule has 0 spiro atoms. The third kappa shape index (κ3) is 3.28. The van der Waals surface area contributed by atoms with Gasteiger partial charge in [-0.05, 0) is 25.2 Å². The number of carbonyl (C=O) groups excluding carboxylic acids is 1. The maximum atomic E-state index is 13.5. The van der Waals surface area contributed by atoms with Crippen LogP contribution in [0.4, 0.5) is 4.39 Å². The molecule has 0 bridgehead atoms. The van der Waals surface area contributed by atoms with Gasteiger partial charge in [0.15, 0.2) is 0 Å². The zero-order valence-corrected chi connectivity index (χ0v) is 10.8. The lowest BCUT2D eigenvalue weighted by molar-refractivity contribution is 0.0792. The van der Waals surface area contributed by atoms with E-state index in [1.165, 1.54) is 17.0 Å². The molecule has 0 atom stereocenters. The van der Waals surface area contributed by atoms with Crippen LogP contribution in [-0.4, -0.2) is 38.0 Å². The first-order valence-electron chi connectivity index (χ1n) is 4.91. The topological polar surface area (TPSA) is 32.3 Å². The van der Waals surface area contributed by atoms with Gasteiger partial charge in [-0.3, -0.25) is 4.79 Å². The zero-order chi connectivity index (χ0) is 12.1. The lowest BCUT2D eigenvalue weighted by Gasteiger charge is -2.17. The van der Waals surface area contributed by atoms with Crippen LogP contribution in [0, 0.1) is 5.82 Å². The Bertz CT molecular complexity index is 384. The number of amides is 1. The van der Waals surface area contributed by atoms with Crippen molar-refractivity contribution in [2.45, 2.75) is 0 Å². The van der Waals surface area contributed by atoms with E-state index in [-0.39, 0.29) is 11.5 Å². The molecule has 0 saturated heterocycles. The Morgan fingerprint density at radius 3 is 2.81 bits per heavy atom. The lowest BCUT2D eigenvalue weighted by Crippen LogP contribution is -2.33. The van der Waals surface area contributed by atoms with Gasteiger partial charge < -0.3 is 10.2 Å². The molecular weight excluding hydrogens is 275 g/mol. The highest BCUT2D eigenvalue weighted by Gasteiger charge is 2.15. The highest BCUT2D eigenvalue weighted by atomic mass is 79.9. The Morgan fingerprint density at radius 2 is 2.25 bits per heavy atom. The van der Waals surface area contributed by atoms with Gasteiger partial charge in [0, 0.05) is 24.6 Å². The largest absolute Gasteiger partial charge is 0.340 e. The summed E-state index contributed by atoms with van der Waals surface area (Å²) in [6, 6.07) is 4.43. The number of benzene rings is 1. The second-order valence-electron chi connectivity index (χ2n) is 3.45. The van der Waals surface area contributed by atoms with Crippen molar-refractivity contribution in [3.63, 3.8) is 0 Å². The van der Waals surface area contributed by atoms with Crippen molar-refractivity contribution in [3.8, 4) is 0 Å². The second kappa shape index (κ2) is 5.96. The number of nitrogens with zero attached hydrogens (tertiary/aromatic N) is 1. The molecule has 0 aliphatic rings. The number of rotatable bonds is 4. The van der Waals surface area contributed by atoms with Gasteiger partial charge in [-0.25, -0.2) is 4.39 Å². The quantitative estimate of drug-likeness (QED) is 0.918. The SMILES string of the molecule is CNCCN(C)C(=O)c1ccc(Br)cc1F. The molecule has 1 amide bonds. The van der Waals surface area contributed by atoms with Crippen LogP contribution in [0.1, 0.15) is 10.4 Å². The van der Waals surface area contributed by atoms with Crippen LogP contribution in [0.2, 0.25) is 0 Å². The Balaban J connectivity index is 2.79. The number of nitrogens with one attached hydrogen (secondary N) is 1. The summed E-state index contributed by atoms with van der Waals surface area (Å²) >= 11 is 3.15. The predicted octanol–water partition coefficient (Wildman–Crippen LogP) is 1.88. The van der Waals surface area contributed by atoms with Crippen LogP contribution in [0.5, 0.6) is 0 Å². The molecule has 5 heteroatoms. The van der Waals surface area contributed by atoms with Crippen molar-refractivity contribution in [1.82, 2.24) is 10.2 Å². The summed E-state index contributed by atoms with van der Waals surface area (Å²) < 4.78 is 14.1. The molecule has 16 heavy (non-hydrogen) atoms. The number of carbonyl (C=O) groups is 1. The Kier molecular flexibility index (Phi) is 4.89. The fraction of sp³-hybridized carbons (Fsp3) is 0.364. The van der Waals surface area contributed by atoms with E-state index in [4.69, 9.17) is 0 Å². The molecular formula is C11H14BrFN2O. The van der Waals surface area contributed by atoms with Crippen molar-refractivity contribution in [3.05, 3.63) is 34.1 Å². The first-order chi connectivity index (χ1) is 7.56.